The molecule has 0 spiro atoms. The zero-order valence-corrected chi connectivity index (χ0v) is 14.0. The molecule has 0 nitrogen and oxygen atoms in total. The Morgan fingerprint density at radius 3 is 1.70 bits per heavy atom. The topological polar surface area (TPSA) is 0 Å². The molecular formula is C20H36. The van der Waals surface area contributed by atoms with Gasteiger partial charge < -0.3 is 0 Å². The van der Waals surface area contributed by atoms with Gasteiger partial charge in [-0.3, -0.25) is 0 Å². The van der Waals surface area contributed by atoms with E-state index in [-0.39, 0.29) is 0 Å². The van der Waals surface area contributed by atoms with E-state index in [1.165, 1.54) is 77.0 Å². The van der Waals surface area contributed by atoms with E-state index < -0.39 is 0 Å². The van der Waals surface area contributed by atoms with Crippen LogP contribution in [-0.4, -0.2) is 0 Å². The second-order valence-electron chi connectivity index (χ2n) is 7.62. The minimum atomic E-state index is 0.866. The van der Waals surface area contributed by atoms with E-state index in [0.29, 0.717) is 0 Å². The van der Waals surface area contributed by atoms with Crippen LogP contribution in [0.4, 0.5) is 0 Å². The van der Waals surface area contributed by atoms with Crippen LogP contribution in [0.15, 0.2) is 12.2 Å². The Labute approximate surface area is 127 Å². The van der Waals surface area contributed by atoms with Crippen molar-refractivity contribution in [3.05, 3.63) is 12.2 Å². The van der Waals surface area contributed by atoms with Gasteiger partial charge in [0, 0.05) is 0 Å². The van der Waals surface area contributed by atoms with Crippen molar-refractivity contribution in [1.29, 1.82) is 0 Å². The first-order chi connectivity index (χ1) is 9.72. The molecule has 20 heavy (non-hydrogen) atoms. The van der Waals surface area contributed by atoms with Gasteiger partial charge in [0.15, 0.2) is 0 Å². The molecule has 2 saturated carbocycles. The van der Waals surface area contributed by atoms with Gasteiger partial charge in [-0.05, 0) is 62.2 Å². The quantitative estimate of drug-likeness (QED) is 0.470. The Balaban J connectivity index is 1.63. The monoisotopic (exact) mass is 276 g/mol. The van der Waals surface area contributed by atoms with Gasteiger partial charge in [-0.1, -0.05) is 64.5 Å². The van der Waals surface area contributed by atoms with Crippen LogP contribution in [0.25, 0.3) is 0 Å². The second kappa shape index (κ2) is 8.25. The number of hydrogen-bond donors (Lipinski definition) is 0. The maximum Gasteiger partial charge on any atom is -0.0206 e. The smallest absolute Gasteiger partial charge is 0.0206 e. The van der Waals surface area contributed by atoms with Gasteiger partial charge in [0.2, 0.25) is 0 Å². The van der Waals surface area contributed by atoms with E-state index in [1.54, 1.807) is 5.57 Å². The maximum absolute atomic E-state index is 4.44. The van der Waals surface area contributed by atoms with Gasteiger partial charge in [-0.2, -0.15) is 0 Å². The van der Waals surface area contributed by atoms with Crippen LogP contribution >= 0.6 is 0 Å². The van der Waals surface area contributed by atoms with Crippen LogP contribution in [0.5, 0.6) is 0 Å². The van der Waals surface area contributed by atoms with Gasteiger partial charge in [-0.15, -0.1) is 0 Å². The first kappa shape index (κ1) is 16.1. The lowest BCUT2D eigenvalue weighted by atomic mass is 9.75. The highest BCUT2D eigenvalue weighted by molar-refractivity contribution is 5.02. The van der Waals surface area contributed by atoms with E-state index in [1.807, 2.05) is 0 Å². The predicted molar refractivity (Wildman–Crippen MR) is 89.9 cm³/mol. The first-order valence-electron chi connectivity index (χ1n) is 9.40. The van der Waals surface area contributed by atoms with Gasteiger partial charge >= 0.3 is 0 Å². The lowest BCUT2D eigenvalue weighted by Crippen LogP contribution is -2.17. The number of hydrogen-bond acceptors (Lipinski definition) is 0. The second-order valence-corrected chi connectivity index (χ2v) is 7.62. The summed E-state index contributed by atoms with van der Waals surface area (Å²) in [5, 5.41) is 0. The van der Waals surface area contributed by atoms with E-state index in [2.05, 4.69) is 20.4 Å². The molecular weight excluding hydrogens is 240 g/mol. The molecule has 0 aromatic heterocycles. The summed E-state index contributed by atoms with van der Waals surface area (Å²) >= 11 is 0. The molecule has 0 aliphatic heterocycles. The first-order valence-corrected chi connectivity index (χ1v) is 9.40. The standard InChI is InChI=1S/C20H36/c1-4-17-8-10-19(11-9-17)7-6-16(3)20-14-12-18(5-2)13-15-20/h17-20H,3-15H2,1-2H3. The molecule has 0 bridgehead atoms. The average Bonchev–Trinajstić information content (AvgIpc) is 2.53. The van der Waals surface area contributed by atoms with Crippen LogP contribution < -0.4 is 0 Å². The highest BCUT2D eigenvalue weighted by atomic mass is 14.3. The molecule has 0 N–H and O–H groups in total. The van der Waals surface area contributed by atoms with Crippen molar-refractivity contribution in [3.63, 3.8) is 0 Å². The molecule has 0 heteroatoms. The number of rotatable bonds is 6. The summed E-state index contributed by atoms with van der Waals surface area (Å²) in [6.45, 7) is 9.16. The molecule has 0 aromatic carbocycles. The summed E-state index contributed by atoms with van der Waals surface area (Å²) in [5.41, 5.74) is 1.59. The minimum Gasteiger partial charge on any atom is -0.0996 e. The Hall–Kier alpha value is -0.260. The fourth-order valence-electron chi connectivity index (χ4n) is 4.50. The summed E-state index contributed by atoms with van der Waals surface area (Å²) < 4.78 is 0. The third-order valence-corrected chi connectivity index (χ3v) is 6.42. The van der Waals surface area contributed by atoms with Crippen LogP contribution in [0.2, 0.25) is 0 Å². The van der Waals surface area contributed by atoms with Gasteiger partial charge in [0.1, 0.15) is 0 Å². The molecule has 0 atom stereocenters. The average molecular weight is 277 g/mol. The summed E-state index contributed by atoms with van der Waals surface area (Å²) in [5.74, 6) is 3.94. The summed E-state index contributed by atoms with van der Waals surface area (Å²) in [6.07, 6.45) is 17.3. The molecule has 2 rings (SSSR count). The Kier molecular flexibility index (Phi) is 6.65. The van der Waals surface area contributed by atoms with Crippen molar-refractivity contribution >= 4 is 0 Å². The van der Waals surface area contributed by atoms with Crippen molar-refractivity contribution in [1.82, 2.24) is 0 Å². The van der Waals surface area contributed by atoms with Gasteiger partial charge in [0.05, 0.1) is 0 Å². The van der Waals surface area contributed by atoms with E-state index in [9.17, 15) is 0 Å². The molecule has 0 aromatic rings. The van der Waals surface area contributed by atoms with Crippen molar-refractivity contribution < 1.29 is 0 Å². The van der Waals surface area contributed by atoms with Gasteiger partial charge in [-0.25, -0.2) is 0 Å². The van der Waals surface area contributed by atoms with Crippen molar-refractivity contribution in [2.24, 2.45) is 23.7 Å². The van der Waals surface area contributed by atoms with Crippen molar-refractivity contribution in [2.45, 2.75) is 90.9 Å². The van der Waals surface area contributed by atoms with E-state index in [0.717, 1.165) is 23.7 Å². The van der Waals surface area contributed by atoms with Crippen molar-refractivity contribution in [2.75, 3.05) is 0 Å². The largest absolute Gasteiger partial charge is 0.0996 e. The highest BCUT2D eigenvalue weighted by Gasteiger charge is 2.24. The maximum atomic E-state index is 4.44. The molecule has 2 aliphatic carbocycles. The van der Waals surface area contributed by atoms with Crippen LogP contribution in [0.1, 0.15) is 90.9 Å². The van der Waals surface area contributed by atoms with Crippen LogP contribution in [0, 0.1) is 23.7 Å². The van der Waals surface area contributed by atoms with Crippen LogP contribution in [-0.2, 0) is 0 Å². The lowest BCUT2D eigenvalue weighted by Gasteiger charge is -2.31. The molecule has 116 valence electrons. The van der Waals surface area contributed by atoms with Crippen molar-refractivity contribution in [3.8, 4) is 0 Å². The normalized spacial score (nSPS) is 34.9. The minimum absolute atomic E-state index is 0.866. The molecule has 0 radical (unpaired) electrons. The third kappa shape index (κ3) is 4.64. The molecule has 0 unspecified atom stereocenters. The summed E-state index contributed by atoms with van der Waals surface area (Å²) in [6, 6.07) is 0. The third-order valence-electron chi connectivity index (χ3n) is 6.42. The fourth-order valence-corrected chi connectivity index (χ4v) is 4.50. The zero-order chi connectivity index (χ0) is 14.4. The molecule has 2 aliphatic rings. The van der Waals surface area contributed by atoms with Crippen LogP contribution in [0.3, 0.4) is 0 Å². The Morgan fingerprint density at radius 2 is 1.20 bits per heavy atom. The molecule has 0 saturated heterocycles. The molecule has 2 fully saturated rings. The SMILES string of the molecule is C=C(CCC1CCC(CC)CC1)C1CCC(CC)CC1. The van der Waals surface area contributed by atoms with Gasteiger partial charge in [0.25, 0.3) is 0 Å². The zero-order valence-electron chi connectivity index (χ0n) is 14.0. The Morgan fingerprint density at radius 1 is 0.750 bits per heavy atom. The molecule has 0 heterocycles. The predicted octanol–water partition coefficient (Wildman–Crippen LogP) is 6.76. The summed E-state index contributed by atoms with van der Waals surface area (Å²) in [4.78, 5) is 0. The van der Waals surface area contributed by atoms with E-state index in [4.69, 9.17) is 0 Å². The lowest BCUT2D eigenvalue weighted by molar-refractivity contribution is 0.252. The van der Waals surface area contributed by atoms with E-state index >= 15 is 0 Å². The number of allylic oxidation sites excluding steroid dienone is 1. The highest BCUT2D eigenvalue weighted by Crippen LogP contribution is 2.38. The summed E-state index contributed by atoms with van der Waals surface area (Å²) in [7, 11) is 0. The fraction of sp³-hybridized carbons (Fsp3) is 0.900. The molecule has 0 amide bonds. The Bertz CT molecular complexity index is 274.